The van der Waals surface area contributed by atoms with Gasteiger partial charge in [0.15, 0.2) is 0 Å². The van der Waals surface area contributed by atoms with Crippen molar-refractivity contribution in [3.8, 4) is 11.8 Å². The molecule has 0 bridgehead atoms. The van der Waals surface area contributed by atoms with Gasteiger partial charge in [-0.1, -0.05) is 0 Å². The Bertz CT molecular complexity index is 458. The zero-order chi connectivity index (χ0) is 14.5. The maximum absolute atomic E-state index is 8.95. The number of hydrogen-bond acceptors (Lipinski definition) is 3. The van der Waals surface area contributed by atoms with Gasteiger partial charge in [0, 0.05) is 13.1 Å². The number of benzene rings is 1. The molecule has 0 fully saturated rings. The first-order chi connectivity index (χ1) is 8.89. The summed E-state index contributed by atoms with van der Waals surface area (Å²) in [6.07, 6.45) is 0. The first-order valence-electron chi connectivity index (χ1n) is 6.12. The van der Waals surface area contributed by atoms with E-state index in [1.807, 2.05) is 32.9 Å². The number of rotatable bonds is 6. The average molecular weight is 390 g/mol. The molecular formula is C14H18Br2N2O. The van der Waals surface area contributed by atoms with Crippen LogP contribution < -0.4 is 10.1 Å². The third-order valence-corrected chi connectivity index (χ3v) is 3.72. The van der Waals surface area contributed by atoms with Crippen molar-refractivity contribution in [1.82, 2.24) is 5.32 Å². The largest absolute Gasteiger partial charge is 0.492 e. The molecule has 1 rings (SSSR count). The van der Waals surface area contributed by atoms with E-state index in [2.05, 4.69) is 43.2 Å². The Hall–Kier alpha value is -0.570. The van der Waals surface area contributed by atoms with Gasteiger partial charge in [-0.3, -0.25) is 0 Å². The number of nitriles is 1. The molecule has 0 heterocycles. The van der Waals surface area contributed by atoms with E-state index < -0.39 is 0 Å². The Morgan fingerprint density at radius 3 is 2.37 bits per heavy atom. The normalized spacial score (nSPS) is 11.2. The summed E-state index contributed by atoms with van der Waals surface area (Å²) in [5, 5.41) is 12.2. The van der Waals surface area contributed by atoms with Crippen LogP contribution in [-0.2, 0) is 6.54 Å². The lowest BCUT2D eigenvalue weighted by molar-refractivity contribution is 0.336. The summed E-state index contributed by atoms with van der Waals surface area (Å²) >= 11 is 7.02. The zero-order valence-electron chi connectivity index (χ0n) is 11.4. The number of nitrogens with one attached hydrogen (secondary N) is 1. The highest BCUT2D eigenvalue weighted by Gasteiger charge is 2.16. The van der Waals surface area contributed by atoms with E-state index in [0.29, 0.717) is 19.7 Å². The minimum atomic E-state index is -0.347. The van der Waals surface area contributed by atoms with Gasteiger partial charge in [-0.15, -0.1) is 0 Å². The molecule has 0 saturated heterocycles. The van der Waals surface area contributed by atoms with Crippen LogP contribution in [0.25, 0.3) is 0 Å². The predicted octanol–water partition coefficient (Wildman–Crippen LogP) is 4.25. The molecule has 0 amide bonds. The molecule has 1 aromatic rings. The minimum Gasteiger partial charge on any atom is -0.492 e. The van der Waals surface area contributed by atoms with Gasteiger partial charge >= 0.3 is 0 Å². The van der Waals surface area contributed by atoms with Crippen LogP contribution in [0.5, 0.6) is 5.75 Å². The molecular weight excluding hydrogens is 372 g/mol. The van der Waals surface area contributed by atoms with E-state index in [1.165, 1.54) is 0 Å². The molecule has 0 aliphatic carbocycles. The fourth-order valence-corrected chi connectivity index (χ4v) is 3.07. The smallest absolute Gasteiger partial charge is 0.147 e. The lowest BCUT2D eigenvalue weighted by atomic mass is 9.96. The van der Waals surface area contributed by atoms with Gasteiger partial charge in [0.2, 0.25) is 0 Å². The molecule has 0 aliphatic rings. The maximum atomic E-state index is 8.95. The van der Waals surface area contributed by atoms with Gasteiger partial charge in [0.25, 0.3) is 0 Å². The summed E-state index contributed by atoms with van der Waals surface area (Å²) in [7, 11) is 0. The van der Waals surface area contributed by atoms with Crippen molar-refractivity contribution in [2.45, 2.75) is 27.3 Å². The average Bonchev–Trinajstić information content (AvgIpc) is 2.34. The van der Waals surface area contributed by atoms with E-state index in [9.17, 15) is 0 Å². The number of hydrogen-bond donors (Lipinski definition) is 1. The van der Waals surface area contributed by atoms with Crippen molar-refractivity contribution in [2.75, 3.05) is 13.2 Å². The standard InChI is InChI=1S/C14H18Br2N2O/c1-4-19-13-11(15)5-10(6-12(13)16)7-18-9-14(2,3)8-17/h5-6,18H,4,7,9H2,1-3H3. The minimum absolute atomic E-state index is 0.347. The fourth-order valence-electron chi connectivity index (χ4n) is 1.56. The molecule has 3 nitrogen and oxygen atoms in total. The van der Waals surface area contributed by atoms with Gasteiger partial charge < -0.3 is 10.1 Å². The van der Waals surface area contributed by atoms with E-state index in [4.69, 9.17) is 10.00 Å². The van der Waals surface area contributed by atoms with Gasteiger partial charge in [0.05, 0.1) is 27.0 Å². The molecule has 19 heavy (non-hydrogen) atoms. The third-order valence-electron chi connectivity index (χ3n) is 2.55. The molecule has 0 atom stereocenters. The monoisotopic (exact) mass is 388 g/mol. The van der Waals surface area contributed by atoms with E-state index >= 15 is 0 Å². The van der Waals surface area contributed by atoms with E-state index in [-0.39, 0.29) is 5.41 Å². The van der Waals surface area contributed by atoms with Crippen molar-refractivity contribution in [1.29, 1.82) is 5.26 Å². The second-order valence-electron chi connectivity index (χ2n) is 4.92. The summed E-state index contributed by atoms with van der Waals surface area (Å²) in [4.78, 5) is 0. The lowest BCUT2D eigenvalue weighted by Crippen LogP contribution is -2.27. The first kappa shape index (κ1) is 16.5. The quantitative estimate of drug-likeness (QED) is 0.790. The summed E-state index contributed by atoms with van der Waals surface area (Å²) in [6.45, 7) is 7.80. The summed E-state index contributed by atoms with van der Waals surface area (Å²) in [6, 6.07) is 6.33. The molecule has 0 aromatic heterocycles. The third kappa shape index (κ3) is 5.13. The van der Waals surface area contributed by atoms with Crippen molar-refractivity contribution < 1.29 is 4.74 Å². The molecule has 0 saturated carbocycles. The van der Waals surface area contributed by atoms with Crippen molar-refractivity contribution in [2.24, 2.45) is 5.41 Å². The predicted molar refractivity (Wildman–Crippen MR) is 84.1 cm³/mol. The van der Waals surface area contributed by atoms with Crippen LogP contribution in [0.3, 0.4) is 0 Å². The second-order valence-corrected chi connectivity index (χ2v) is 6.63. The highest BCUT2D eigenvalue weighted by atomic mass is 79.9. The maximum Gasteiger partial charge on any atom is 0.147 e. The van der Waals surface area contributed by atoms with Crippen LogP contribution in [-0.4, -0.2) is 13.2 Å². The van der Waals surface area contributed by atoms with Crippen LogP contribution in [0, 0.1) is 16.7 Å². The molecule has 0 radical (unpaired) electrons. The van der Waals surface area contributed by atoms with Crippen LogP contribution in [0.4, 0.5) is 0 Å². The molecule has 1 aromatic carbocycles. The van der Waals surface area contributed by atoms with Crippen molar-refractivity contribution >= 4 is 31.9 Å². The summed E-state index contributed by atoms with van der Waals surface area (Å²) in [5.41, 5.74) is 0.788. The van der Waals surface area contributed by atoms with Crippen molar-refractivity contribution in [3.05, 3.63) is 26.6 Å². The molecule has 5 heteroatoms. The van der Waals surface area contributed by atoms with Crippen LogP contribution >= 0.6 is 31.9 Å². The van der Waals surface area contributed by atoms with Gasteiger partial charge in [0.1, 0.15) is 5.75 Å². The molecule has 0 unspecified atom stereocenters. The molecule has 0 aliphatic heterocycles. The highest BCUT2D eigenvalue weighted by Crippen LogP contribution is 2.34. The lowest BCUT2D eigenvalue weighted by Gasteiger charge is -2.16. The van der Waals surface area contributed by atoms with E-state index in [1.54, 1.807) is 0 Å². The topological polar surface area (TPSA) is 45.0 Å². The van der Waals surface area contributed by atoms with Crippen LogP contribution in [0.1, 0.15) is 26.3 Å². The fraction of sp³-hybridized carbons (Fsp3) is 0.500. The zero-order valence-corrected chi connectivity index (χ0v) is 14.6. The van der Waals surface area contributed by atoms with Crippen LogP contribution in [0.2, 0.25) is 0 Å². The Kier molecular flexibility index (Phi) is 6.31. The Morgan fingerprint density at radius 2 is 1.89 bits per heavy atom. The van der Waals surface area contributed by atoms with Gasteiger partial charge in [-0.25, -0.2) is 0 Å². The van der Waals surface area contributed by atoms with Gasteiger partial charge in [-0.2, -0.15) is 5.26 Å². The Morgan fingerprint density at radius 1 is 1.32 bits per heavy atom. The second kappa shape index (κ2) is 7.28. The highest BCUT2D eigenvalue weighted by molar-refractivity contribution is 9.11. The molecule has 0 spiro atoms. The first-order valence-corrected chi connectivity index (χ1v) is 7.71. The van der Waals surface area contributed by atoms with E-state index in [0.717, 1.165) is 20.3 Å². The summed E-state index contributed by atoms with van der Waals surface area (Å²) in [5.74, 6) is 0.823. The van der Waals surface area contributed by atoms with Gasteiger partial charge in [-0.05, 0) is 70.3 Å². The number of halogens is 2. The van der Waals surface area contributed by atoms with Crippen molar-refractivity contribution in [3.63, 3.8) is 0 Å². The Balaban J connectivity index is 2.69. The molecule has 1 N–H and O–H groups in total. The summed E-state index contributed by atoms with van der Waals surface area (Å²) < 4.78 is 7.40. The molecule has 104 valence electrons. The number of ether oxygens (including phenoxy) is 1. The number of nitrogens with zero attached hydrogens (tertiary/aromatic N) is 1. The SMILES string of the molecule is CCOc1c(Br)cc(CNCC(C)(C)C#N)cc1Br. The van der Waals surface area contributed by atoms with Crippen LogP contribution in [0.15, 0.2) is 21.1 Å². The Labute approximate surface area is 131 Å².